The lowest BCUT2D eigenvalue weighted by Gasteiger charge is -2.26. The lowest BCUT2D eigenvalue weighted by atomic mass is 9.98. The summed E-state index contributed by atoms with van der Waals surface area (Å²) in [6.07, 6.45) is 4.24. The van der Waals surface area contributed by atoms with Gasteiger partial charge in [0, 0.05) is 50.9 Å². The van der Waals surface area contributed by atoms with E-state index in [1.807, 2.05) is 6.07 Å². The van der Waals surface area contributed by atoms with E-state index in [4.69, 9.17) is 15.5 Å². The van der Waals surface area contributed by atoms with Gasteiger partial charge in [-0.3, -0.25) is 10.00 Å². The van der Waals surface area contributed by atoms with Crippen molar-refractivity contribution in [3.63, 3.8) is 0 Å². The maximum atomic E-state index is 6.01. The van der Waals surface area contributed by atoms with E-state index in [1.54, 1.807) is 23.7 Å². The topological polar surface area (TPSA) is 131 Å². The molecule has 4 aromatic heterocycles. The van der Waals surface area contributed by atoms with Crippen LogP contribution in [0.2, 0.25) is 0 Å². The summed E-state index contributed by atoms with van der Waals surface area (Å²) in [5.41, 5.74) is 9.39. The number of hydrogen-bond acceptors (Lipinski definition) is 10. The second kappa shape index (κ2) is 10.3. The molecular weight excluding hydrogens is 438 g/mol. The van der Waals surface area contributed by atoms with Gasteiger partial charge in [-0.25, -0.2) is 15.0 Å². The summed E-state index contributed by atoms with van der Waals surface area (Å²) in [6, 6.07) is 3.98. The molecule has 1 atom stereocenters. The van der Waals surface area contributed by atoms with Crippen molar-refractivity contribution in [3.05, 3.63) is 46.7 Å². The maximum Gasteiger partial charge on any atom is 0.224 e. The van der Waals surface area contributed by atoms with Gasteiger partial charge in [0.25, 0.3) is 0 Å². The van der Waals surface area contributed by atoms with Crippen LogP contribution in [-0.4, -0.2) is 81.0 Å². The molecule has 1 aliphatic heterocycles. The first-order valence-electron chi connectivity index (χ1n) is 11.1. The van der Waals surface area contributed by atoms with Crippen LogP contribution in [0.5, 0.6) is 0 Å². The lowest BCUT2D eigenvalue weighted by molar-refractivity contribution is 0.0398. The molecule has 4 aromatic rings. The van der Waals surface area contributed by atoms with Crippen molar-refractivity contribution in [3.8, 4) is 11.4 Å². The Morgan fingerprint density at radius 2 is 2.12 bits per heavy atom. The molecular formula is C22H27N9OS. The standard InChI is InChI=1S/C22H27N9OS/c23-12-16(15-2-10-33-14-15)11-19-24-3-1-18(27-19)20-17-13-26-22(28-21(17)30-29-20)25-4-5-31-6-8-32-9-7-31/h1-3,10,13-14,16H,4-9,11-12,23H2,(H2,25,26,28,29,30). The molecule has 0 radical (unpaired) electrons. The predicted molar refractivity (Wildman–Crippen MR) is 128 cm³/mol. The summed E-state index contributed by atoms with van der Waals surface area (Å²) in [4.78, 5) is 20.6. The van der Waals surface area contributed by atoms with Crippen molar-refractivity contribution in [1.82, 2.24) is 35.0 Å². The number of nitrogens with zero attached hydrogens (tertiary/aromatic N) is 6. The largest absolute Gasteiger partial charge is 0.379 e. The molecule has 0 aromatic carbocycles. The minimum Gasteiger partial charge on any atom is -0.379 e. The average molecular weight is 466 g/mol. The van der Waals surface area contributed by atoms with Crippen LogP contribution in [0, 0.1) is 0 Å². The molecule has 10 nitrogen and oxygen atoms in total. The highest BCUT2D eigenvalue weighted by Crippen LogP contribution is 2.25. The average Bonchev–Trinajstić information content (AvgIpc) is 3.54. The van der Waals surface area contributed by atoms with E-state index in [2.05, 4.69) is 52.2 Å². The molecule has 11 heteroatoms. The highest BCUT2D eigenvalue weighted by molar-refractivity contribution is 7.08. The number of H-pyrrole nitrogens is 1. The van der Waals surface area contributed by atoms with Gasteiger partial charge in [0.15, 0.2) is 5.65 Å². The fourth-order valence-electron chi connectivity index (χ4n) is 3.94. The number of thiophene rings is 1. The summed E-state index contributed by atoms with van der Waals surface area (Å²) in [7, 11) is 0. The molecule has 0 amide bonds. The van der Waals surface area contributed by atoms with Crippen LogP contribution >= 0.6 is 11.3 Å². The molecule has 4 N–H and O–H groups in total. The fourth-order valence-corrected chi connectivity index (χ4v) is 4.68. The van der Waals surface area contributed by atoms with Crippen molar-refractivity contribution in [2.24, 2.45) is 5.73 Å². The number of nitrogens with two attached hydrogens (primary N) is 1. The SMILES string of the molecule is NCC(Cc1nccc(-c2[nH]nc3nc(NCCN4CCOCC4)ncc23)n1)c1ccsc1. The van der Waals surface area contributed by atoms with E-state index in [0.29, 0.717) is 24.6 Å². The Balaban J connectivity index is 1.28. The molecule has 172 valence electrons. The third-order valence-electron chi connectivity index (χ3n) is 5.82. The van der Waals surface area contributed by atoms with E-state index in [9.17, 15) is 0 Å². The number of aromatic amines is 1. The minimum absolute atomic E-state index is 0.194. The number of morpholine rings is 1. The van der Waals surface area contributed by atoms with Gasteiger partial charge < -0.3 is 15.8 Å². The molecule has 5 heterocycles. The maximum absolute atomic E-state index is 6.01. The van der Waals surface area contributed by atoms with Gasteiger partial charge in [-0.05, 0) is 35.0 Å². The van der Waals surface area contributed by atoms with Gasteiger partial charge in [-0.1, -0.05) is 0 Å². The summed E-state index contributed by atoms with van der Waals surface area (Å²) in [5, 5.41) is 15.8. The van der Waals surface area contributed by atoms with Crippen molar-refractivity contribution in [2.75, 3.05) is 51.3 Å². The molecule has 1 fully saturated rings. The first kappa shape index (κ1) is 21.8. The first-order chi connectivity index (χ1) is 16.3. The molecule has 0 saturated carbocycles. The number of hydrogen-bond donors (Lipinski definition) is 3. The number of nitrogens with one attached hydrogen (secondary N) is 2. The molecule has 1 aliphatic rings. The summed E-state index contributed by atoms with van der Waals surface area (Å²) in [5.74, 6) is 1.51. The van der Waals surface area contributed by atoms with Crippen LogP contribution in [0.25, 0.3) is 22.4 Å². The smallest absolute Gasteiger partial charge is 0.224 e. The van der Waals surface area contributed by atoms with Crippen LogP contribution < -0.4 is 11.1 Å². The fraction of sp³-hybridized carbons (Fsp3) is 0.409. The molecule has 33 heavy (non-hydrogen) atoms. The van der Waals surface area contributed by atoms with E-state index in [1.165, 1.54) is 5.56 Å². The Labute approximate surface area is 195 Å². The van der Waals surface area contributed by atoms with Crippen LogP contribution in [0.1, 0.15) is 17.3 Å². The highest BCUT2D eigenvalue weighted by Gasteiger charge is 2.16. The normalized spacial score (nSPS) is 15.7. The molecule has 5 rings (SSSR count). The minimum atomic E-state index is 0.194. The highest BCUT2D eigenvalue weighted by atomic mass is 32.1. The van der Waals surface area contributed by atoms with E-state index in [0.717, 1.165) is 62.0 Å². The Bertz CT molecular complexity index is 1170. The Morgan fingerprint density at radius 3 is 2.94 bits per heavy atom. The summed E-state index contributed by atoms with van der Waals surface area (Å²) < 4.78 is 5.39. The zero-order chi connectivity index (χ0) is 22.5. The van der Waals surface area contributed by atoms with Gasteiger partial charge in [0.1, 0.15) is 5.82 Å². The van der Waals surface area contributed by atoms with Gasteiger partial charge in [0.2, 0.25) is 5.95 Å². The molecule has 0 spiro atoms. The van der Waals surface area contributed by atoms with Gasteiger partial charge in [-0.15, -0.1) is 0 Å². The lowest BCUT2D eigenvalue weighted by Crippen LogP contribution is -2.39. The van der Waals surface area contributed by atoms with Crippen molar-refractivity contribution in [2.45, 2.75) is 12.3 Å². The van der Waals surface area contributed by atoms with Gasteiger partial charge in [-0.2, -0.15) is 21.4 Å². The van der Waals surface area contributed by atoms with Crippen molar-refractivity contribution < 1.29 is 4.74 Å². The quantitative estimate of drug-likeness (QED) is 0.339. The number of rotatable bonds is 9. The summed E-state index contributed by atoms with van der Waals surface area (Å²) in [6.45, 7) is 5.76. The first-order valence-corrected chi connectivity index (χ1v) is 12.0. The Kier molecular flexibility index (Phi) is 6.81. The van der Waals surface area contributed by atoms with Crippen molar-refractivity contribution in [1.29, 1.82) is 0 Å². The van der Waals surface area contributed by atoms with Gasteiger partial charge in [0.05, 0.1) is 30.0 Å². The number of ether oxygens (including phenoxy) is 1. The van der Waals surface area contributed by atoms with Crippen LogP contribution in [0.4, 0.5) is 5.95 Å². The second-order valence-electron chi connectivity index (χ2n) is 7.96. The van der Waals surface area contributed by atoms with Crippen LogP contribution in [0.3, 0.4) is 0 Å². The molecule has 0 bridgehead atoms. The second-order valence-corrected chi connectivity index (χ2v) is 8.74. The third-order valence-corrected chi connectivity index (χ3v) is 6.52. The number of aromatic nitrogens is 6. The molecule has 0 aliphatic carbocycles. The van der Waals surface area contributed by atoms with Crippen molar-refractivity contribution >= 4 is 28.3 Å². The van der Waals surface area contributed by atoms with Crippen LogP contribution in [-0.2, 0) is 11.2 Å². The van der Waals surface area contributed by atoms with E-state index < -0.39 is 0 Å². The Morgan fingerprint density at radius 1 is 1.21 bits per heavy atom. The zero-order valence-electron chi connectivity index (χ0n) is 18.3. The molecule has 1 saturated heterocycles. The summed E-state index contributed by atoms with van der Waals surface area (Å²) >= 11 is 1.67. The number of fused-ring (bicyclic) bond motifs is 1. The van der Waals surface area contributed by atoms with E-state index >= 15 is 0 Å². The predicted octanol–water partition coefficient (Wildman–Crippen LogP) is 1.90. The van der Waals surface area contributed by atoms with Gasteiger partial charge >= 0.3 is 0 Å². The number of anilines is 1. The Hall–Kier alpha value is -2.99. The third kappa shape index (κ3) is 5.17. The monoisotopic (exact) mass is 465 g/mol. The van der Waals surface area contributed by atoms with E-state index in [-0.39, 0.29) is 5.92 Å². The molecule has 1 unspecified atom stereocenters. The zero-order valence-corrected chi connectivity index (χ0v) is 19.1. The van der Waals surface area contributed by atoms with Crippen LogP contribution in [0.15, 0.2) is 35.3 Å².